The number of likely N-dealkylation sites (tertiary alicyclic amines) is 2. The first-order valence-electron chi connectivity index (χ1n) is 8.96. The highest BCUT2D eigenvalue weighted by Crippen LogP contribution is 2.20. The second kappa shape index (κ2) is 9.78. The van der Waals surface area contributed by atoms with Crippen LogP contribution in [0.2, 0.25) is 0 Å². The Morgan fingerprint density at radius 3 is 2.59 bits per heavy atom. The average Bonchev–Trinajstić information content (AvgIpc) is 2.80. The summed E-state index contributed by atoms with van der Waals surface area (Å²) in [4.78, 5) is 17.1. The van der Waals surface area contributed by atoms with E-state index < -0.39 is 0 Å². The van der Waals surface area contributed by atoms with E-state index in [-0.39, 0.29) is 11.9 Å². The lowest BCUT2D eigenvalue weighted by molar-refractivity contribution is -0.134. The molecule has 0 bridgehead atoms. The van der Waals surface area contributed by atoms with E-state index in [1.165, 1.54) is 51.7 Å². The van der Waals surface area contributed by atoms with Crippen molar-refractivity contribution in [2.24, 2.45) is 11.7 Å². The molecule has 2 heterocycles. The topological polar surface area (TPSA) is 49.6 Å². The number of hydrogen-bond donors (Lipinski definition) is 1. The summed E-state index contributed by atoms with van der Waals surface area (Å²) in [5.41, 5.74) is 6.07. The molecule has 5 heteroatoms. The molecule has 0 spiro atoms. The first kappa shape index (κ1) is 18.1. The Bertz CT molecular complexity index is 332. The number of hydrogen-bond acceptors (Lipinski definition) is 4. The molecule has 0 saturated carbocycles. The number of rotatable bonds is 6. The van der Waals surface area contributed by atoms with Gasteiger partial charge in [-0.25, -0.2) is 0 Å². The molecule has 0 aromatic rings. The van der Waals surface area contributed by atoms with Gasteiger partial charge in [0.1, 0.15) is 0 Å². The predicted octanol–water partition coefficient (Wildman–Crippen LogP) is 2.18. The van der Waals surface area contributed by atoms with Crippen LogP contribution in [0.4, 0.5) is 0 Å². The SMILES string of the molecule is CSCC[C@H](N)C(=O)N1CCC[C@H](CN2CCCCCC2)C1. The Balaban J connectivity index is 1.79. The van der Waals surface area contributed by atoms with Gasteiger partial charge in [-0.2, -0.15) is 11.8 Å². The fourth-order valence-electron chi connectivity index (χ4n) is 3.70. The van der Waals surface area contributed by atoms with Crippen molar-refractivity contribution < 1.29 is 4.79 Å². The summed E-state index contributed by atoms with van der Waals surface area (Å²) in [5, 5.41) is 0. The molecule has 2 fully saturated rings. The second-order valence-electron chi connectivity index (χ2n) is 6.90. The smallest absolute Gasteiger partial charge is 0.239 e. The molecule has 1 amide bonds. The van der Waals surface area contributed by atoms with Gasteiger partial charge in [-0.3, -0.25) is 4.79 Å². The van der Waals surface area contributed by atoms with Crippen molar-refractivity contribution in [3.8, 4) is 0 Å². The van der Waals surface area contributed by atoms with Crippen molar-refractivity contribution in [3.05, 3.63) is 0 Å². The number of piperidine rings is 1. The molecule has 0 aromatic heterocycles. The molecular weight excluding hydrogens is 294 g/mol. The lowest BCUT2D eigenvalue weighted by Gasteiger charge is -2.36. The van der Waals surface area contributed by atoms with Crippen LogP contribution in [0.5, 0.6) is 0 Å². The van der Waals surface area contributed by atoms with Gasteiger partial charge < -0.3 is 15.5 Å². The van der Waals surface area contributed by atoms with Gasteiger partial charge in [0.2, 0.25) is 5.91 Å². The monoisotopic (exact) mass is 327 g/mol. The van der Waals surface area contributed by atoms with Crippen LogP contribution in [0.1, 0.15) is 44.9 Å². The van der Waals surface area contributed by atoms with Crippen LogP contribution < -0.4 is 5.73 Å². The van der Waals surface area contributed by atoms with Gasteiger partial charge >= 0.3 is 0 Å². The molecule has 128 valence electrons. The number of amides is 1. The molecular formula is C17H33N3OS. The summed E-state index contributed by atoms with van der Waals surface area (Å²) < 4.78 is 0. The van der Waals surface area contributed by atoms with Crippen LogP contribution in [0.3, 0.4) is 0 Å². The molecule has 2 rings (SSSR count). The fraction of sp³-hybridized carbons (Fsp3) is 0.941. The summed E-state index contributed by atoms with van der Waals surface area (Å²) in [6, 6.07) is -0.301. The zero-order valence-corrected chi connectivity index (χ0v) is 15.0. The van der Waals surface area contributed by atoms with Crippen LogP contribution in [0, 0.1) is 5.92 Å². The molecule has 22 heavy (non-hydrogen) atoms. The highest BCUT2D eigenvalue weighted by Gasteiger charge is 2.28. The molecule has 2 aliphatic rings. The quantitative estimate of drug-likeness (QED) is 0.812. The molecule has 0 aromatic carbocycles. The van der Waals surface area contributed by atoms with Crippen LogP contribution in [0.15, 0.2) is 0 Å². The summed E-state index contributed by atoms with van der Waals surface area (Å²) in [6.45, 7) is 5.49. The maximum atomic E-state index is 12.5. The van der Waals surface area contributed by atoms with E-state index in [9.17, 15) is 4.79 Å². The van der Waals surface area contributed by atoms with E-state index in [0.29, 0.717) is 5.92 Å². The highest BCUT2D eigenvalue weighted by molar-refractivity contribution is 7.98. The van der Waals surface area contributed by atoms with Crippen LogP contribution in [-0.4, -0.2) is 66.5 Å². The van der Waals surface area contributed by atoms with Gasteiger partial charge in [0.15, 0.2) is 0 Å². The van der Waals surface area contributed by atoms with Crippen molar-refractivity contribution in [1.29, 1.82) is 0 Å². The lowest BCUT2D eigenvalue weighted by atomic mass is 9.96. The third kappa shape index (κ3) is 5.74. The largest absolute Gasteiger partial charge is 0.341 e. The molecule has 0 aliphatic carbocycles. The molecule has 2 N–H and O–H groups in total. The van der Waals surface area contributed by atoms with Crippen molar-refractivity contribution in [1.82, 2.24) is 9.80 Å². The van der Waals surface area contributed by atoms with Crippen molar-refractivity contribution in [2.45, 2.75) is 51.0 Å². The van der Waals surface area contributed by atoms with Crippen molar-refractivity contribution >= 4 is 17.7 Å². The highest BCUT2D eigenvalue weighted by atomic mass is 32.2. The number of carbonyl (C=O) groups excluding carboxylic acids is 1. The maximum Gasteiger partial charge on any atom is 0.239 e. The van der Waals surface area contributed by atoms with E-state index in [0.717, 1.165) is 31.7 Å². The minimum Gasteiger partial charge on any atom is -0.341 e. The Labute approximate surface area is 140 Å². The summed E-state index contributed by atoms with van der Waals surface area (Å²) in [5.74, 6) is 1.79. The lowest BCUT2D eigenvalue weighted by Crippen LogP contribution is -2.49. The van der Waals surface area contributed by atoms with Gasteiger partial charge in [-0.05, 0) is 63.1 Å². The Morgan fingerprint density at radius 1 is 1.18 bits per heavy atom. The van der Waals surface area contributed by atoms with Crippen LogP contribution in [0.25, 0.3) is 0 Å². The van der Waals surface area contributed by atoms with Crippen LogP contribution in [-0.2, 0) is 4.79 Å². The minimum atomic E-state index is -0.301. The predicted molar refractivity (Wildman–Crippen MR) is 95.2 cm³/mol. The summed E-state index contributed by atoms with van der Waals surface area (Å²) in [7, 11) is 0. The van der Waals surface area contributed by atoms with E-state index in [4.69, 9.17) is 5.73 Å². The Morgan fingerprint density at radius 2 is 1.91 bits per heavy atom. The Kier molecular flexibility index (Phi) is 8.04. The number of nitrogens with zero attached hydrogens (tertiary/aromatic N) is 2. The fourth-order valence-corrected chi connectivity index (χ4v) is 4.19. The zero-order chi connectivity index (χ0) is 15.8. The molecule has 4 nitrogen and oxygen atoms in total. The van der Waals surface area contributed by atoms with Crippen LogP contribution >= 0.6 is 11.8 Å². The maximum absolute atomic E-state index is 12.5. The molecule has 0 unspecified atom stereocenters. The first-order chi connectivity index (χ1) is 10.7. The normalized spacial score (nSPS) is 25.7. The van der Waals surface area contributed by atoms with E-state index in [1.807, 2.05) is 4.90 Å². The third-order valence-corrected chi connectivity index (χ3v) is 5.64. The third-order valence-electron chi connectivity index (χ3n) is 5.00. The minimum absolute atomic E-state index is 0.176. The molecule has 2 aliphatic heterocycles. The second-order valence-corrected chi connectivity index (χ2v) is 7.88. The van der Waals surface area contributed by atoms with E-state index >= 15 is 0 Å². The van der Waals surface area contributed by atoms with Gasteiger partial charge in [0, 0.05) is 19.6 Å². The van der Waals surface area contributed by atoms with Gasteiger partial charge in [-0.1, -0.05) is 12.8 Å². The van der Waals surface area contributed by atoms with E-state index in [2.05, 4.69) is 11.2 Å². The molecule has 2 saturated heterocycles. The Hall–Kier alpha value is -0.260. The standard InChI is InChI=1S/C17H33N3OS/c1-22-12-8-16(18)17(21)20-11-6-7-15(14-20)13-19-9-4-2-3-5-10-19/h15-16H,2-14,18H2,1H3/t15-,16+/m1/s1. The average molecular weight is 328 g/mol. The number of thioether (sulfide) groups is 1. The van der Waals surface area contributed by atoms with Gasteiger partial charge in [0.05, 0.1) is 6.04 Å². The number of carbonyl (C=O) groups is 1. The first-order valence-corrected chi connectivity index (χ1v) is 10.4. The van der Waals surface area contributed by atoms with Gasteiger partial charge in [0.25, 0.3) is 0 Å². The van der Waals surface area contributed by atoms with Crippen molar-refractivity contribution in [3.63, 3.8) is 0 Å². The summed E-state index contributed by atoms with van der Waals surface area (Å²) >= 11 is 1.76. The molecule has 0 radical (unpaired) electrons. The summed E-state index contributed by atoms with van der Waals surface area (Å²) in [6.07, 6.45) is 10.7. The van der Waals surface area contributed by atoms with Gasteiger partial charge in [-0.15, -0.1) is 0 Å². The molecule has 2 atom stereocenters. The zero-order valence-electron chi connectivity index (χ0n) is 14.1. The van der Waals surface area contributed by atoms with Crippen molar-refractivity contribution in [2.75, 3.05) is 44.7 Å². The number of nitrogens with two attached hydrogens (primary N) is 1. The van der Waals surface area contributed by atoms with E-state index in [1.54, 1.807) is 11.8 Å².